The molecule has 2 aromatic carbocycles. The van der Waals surface area contributed by atoms with Crippen LogP contribution in [0.3, 0.4) is 0 Å². The molecular weight excluding hydrogens is 366 g/mol. The third-order valence-corrected chi connectivity index (χ3v) is 4.47. The van der Waals surface area contributed by atoms with Gasteiger partial charge in [0.1, 0.15) is 5.60 Å². The molecule has 3 N–H and O–H groups in total. The molecule has 0 aliphatic carbocycles. The quantitative estimate of drug-likeness (QED) is 0.693. The number of hydrogen-bond acceptors (Lipinski definition) is 4. The molecule has 0 unspecified atom stereocenters. The zero-order valence-corrected chi connectivity index (χ0v) is 17.0. The number of benzene rings is 2. The number of nitrogens with two attached hydrogens (primary N) is 1. The zero-order valence-electron chi connectivity index (χ0n) is 17.0. The monoisotopic (exact) mass is 393 g/mol. The summed E-state index contributed by atoms with van der Waals surface area (Å²) in [5, 5.41) is 3.74. The second kappa shape index (κ2) is 8.49. The van der Waals surface area contributed by atoms with Crippen LogP contribution in [0.5, 0.6) is 0 Å². The lowest BCUT2D eigenvalue weighted by Gasteiger charge is -2.19. The number of carbonyl (C=O) groups excluding carboxylic acids is 2. The first-order valence-electron chi connectivity index (χ1n) is 9.64. The van der Waals surface area contributed by atoms with Crippen molar-refractivity contribution >= 4 is 22.9 Å². The third-order valence-electron chi connectivity index (χ3n) is 4.47. The highest BCUT2D eigenvalue weighted by molar-refractivity contribution is 5.92. The van der Waals surface area contributed by atoms with Gasteiger partial charge in [-0.25, -0.2) is 4.79 Å². The Morgan fingerprint density at radius 3 is 2.41 bits per heavy atom. The average molecular weight is 393 g/mol. The van der Waals surface area contributed by atoms with E-state index in [4.69, 9.17) is 10.5 Å². The molecular formula is C23H27N3O3. The molecule has 1 aromatic heterocycles. The summed E-state index contributed by atoms with van der Waals surface area (Å²) in [4.78, 5) is 25.0. The van der Waals surface area contributed by atoms with Gasteiger partial charge in [0.05, 0.1) is 11.6 Å². The molecule has 0 fully saturated rings. The van der Waals surface area contributed by atoms with E-state index < -0.39 is 17.7 Å². The van der Waals surface area contributed by atoms with E-state index in [0.717, 1.165) is 22.0 Å². The van der Waals surface area contributed by atoms with Gasteiger partial charge >= 0.3 is 6.09 Å². The van der Waals surface area contributed by atoms with E-state index in [9.17, 15) is 9.59 Å². The van der Waals surface area contributed by atoms with Crippen LogP contribution >= 0.6 is 0 Å². The molecule has 1 amide bonds. The van der Waals surface area contributed by atoms with E-state index in [1.165, 1.54) is 4.57 Å². The van der Waals surface area contributed by atoms with Crippen molar-refractivity contribution < 1.29 is 14.3 Å². The maximum atomic E-state index is 12.6. The van der Waals surface area contributed by atoms with Gasteiger partial charge in [0.2, 0.25) is 5.91 Å². The van der Waals surface area contributed by atoms with Crippen molar-refractivity contribution in [3.63, 3.8) is 0 Å². The summed E-state index contributed by atoms with van der Waals surface area (Å²) in [7, 11) is 0. The minimum atomic E-state index is -0.725. The van der Waals surface area contributed by atoms with Crippen molar-refractivity contribution in [2.24, 2.45) is 5.73 Å². The van der Waals surface area contributed by atoms with E-state index in [0.29, 0.717) is 13.0 Å². The van der Waals surface area contributed by atoms with Crippen molar-refractivity contribution in [1.29, 1.82) is 0 Å². The summed E-state index contributed by atoms with van der Waals surface area (Å²) in [6.45, 7) is 5.90. The highest BCUT2D eigenvalue weighted by Gasteiger charge is 2.22. The van der Waals surface area contributed by atoms with Gasteiger partial charge in [0, 0.05) is 18.1 Å². The minimum absolute atomic E-state index is 0.233. The Balaban J connectivity index is 1.75. The molecule has 6 nitrogen and oxygen atoms in total. The van der Waals surface area contributed by atoms with Crippen LogP contribution in [0.1, 0.15) is 31.9 Å². The molecule has 152 valence electrons. The molecule has 0 aliphatic rings. The lowest BCUT2D eigenvalue weighted by atomic mass is 10.0. The maximum Gasteiger partial charge on any atom is 0.419 e. The predicted octanol–water partition coefficient (Wildman–Crippen LogP) is 3.61. The smallest absolute Gasteiger partial charge is 0.419 e. The Labute approximate surface area is 170 Å². The van der Waals surface area contributed by atoms with Crippen LogP contribution in [-0.4, -0.2) is 28.2 Å². The number of ether oxygens (including phenoxy) is 1. The number of nitrogens with one attached hydrogen (secondary N) is 1. The molecule has 0 bridgehead atoms. The molecule has 6 heteroatoms. The van der Waals surface area contributed by atoms with E-state index in [1.54, 1.807) is 6.20 Å². The molecule has 29 heavy (non-hydrogen) atoms. The molecule has 3 rings (SSSR count). The molecule has 0 saturated heterocycles. The van der Waals surface area contributed by atoms with E-state index in [1.807, 2.05) is 75.4 Å². The number of carbonyl (C=O) groups is 2. The van der Waals surface area contributed by atoms with E-state index in [2.05, 4.69) is 5.32 Å². The van der Waals surface area contributed by atoms with Gasteiger partial charge in [-0.2, -0.15) is 0 Å². The normalized spacial score (nSPS) is 12.6. The fraction of sp³-hybridized carbons (Fsp3) is 0.304. The summed E-state index contributed by atoms with van der Waals surface area (Å²) in [5.41, 5.74) is 8.12. The predicted molar refractivity (Wildman–Crippen MR) is 114 cm³/mol. The Bertz CT molecular complexity index is 1000. The van der Waals surface area contributed by atoms with Crippen LogP contribution < -0.4 is 11.1 Å². The number of rotatable bonds is 5. The summed E-state index contributed by atoms with van der Waals surface area (Å²) < 4.78 is 6.98. The van der Waals surface area contributed by atoms with Crippen LogP contribution in [0, 0.1) is 0 Å². The first-order valence-corrected chi connectivity index (χ1v) is 9.64. The summed E-state index contributed by atoms with van der Waals surface area (Å²) in [5.74, 6) is -0.233. The molecule has 1 heterocycles. The van der Waals surface area contributed by atoms with Gasteiger partial charge in [0.15, 0.2) is 0 Å². The Morgan fingerprint density at radius 2 is 1.72 bits per heavy atom. The van der Waals surface area contributed by atoms with Crippen molar-refractivity contribution in [3.05, 3.63) is 71.9 Å². The zero-order chi connectivity index (χ0) is 21.0. The first kappa shape index (κ1) is 20.6. The first-order chi connectivity index (χ1) is 13.7. The molecule has 0 radical (unpaired) electrons. The highest BCUT2D eigenvalue weighted by atomic mass is 16.6. The maximum absolute atomic E-state index is 12.6. The van der Waals surface area contributed by atoms with Crippen LogP contribution in [0.15, 0.2) is 60.8 Å². The Hall–Kier alpha value is -3.12. The molecule has 1 atom stereocenters. The second-order valence-electron chi connectivity index (χ2n) is 8.04. The van der Waals surface area contributed by atoms with Gasteiger partial charge < -0.3 is 15.8 Å². The van der Waals surface area contributed by atoms with Crippen LogP contribution in [0.2, 0.25) is 0 Å². The SMILES string of the molecule is CC(C)(C)OC(=O)n1cc(C[C@H](N)C(=O)NCc2ccccc2)c2ccccc21. The number of hydrogen-bond donors (Lipinski definition) is 2. The van der Waals surface area contributed by atoms with Crippen molar-refractivity contribution in [2.45, 2.75) is 45.4 Å². The fourth-order valence-electron chi connectivity index (χ4n) is 3.12. The number of nitrogens with zero attached hydrogens (tertiary/aromatic N) is 1. The molecule has 0 spiro atoms. The molecule has 3 aromatic rings. The van der Waals surface area contributed by atoms with Crippen LogP contribution in [-0.2, 0) is 22.5 Å². The Morgan fingerprint density at radius 1 is 1.07 bits per heavy atom. The summed E-state index contributed by atoms with van der Waals surface area (Å²) in [6, 6.07) is 16.5. The molecule has 0 saturated carbocycles. The third kappa shape index (κ3) is 5.23. The minimum Gasteiger partial charge on any atom is -0.443 e. The number of amides is 1. The van der Waals surface area contributed by atoms with Crippen molar-refractivity contribution in [2.75, 3.05) is 0 Å². The van der Waals surface area contributed by atoms with Crippen molar-refractivity contribution in [3.8, 4) is 0 Å². The Kier molecular flexibility index (Phi) is 6.03. The number of fused-ring (bicyclic) bond motifs is 1. The van der Waals surface area contributed by atoms with Gasteiger partial charge in [-0.1, -0.05) is 48.5 Å². The van der Waals surface area contributed by atoms with Gasteiger partial charge in [-0.15, -0.1) is 0 Å². The van der Waals surface area contributed by atoms with Crippen molar-refractivity contribution in [1.82, 2.24) is 9.88 Å². The van der Waals surface area contributed by atoms with E-state index in [-0.39, 0.29) is 5.91 Å². The summed E-state index contributed by atoms with van der Waals surface area (Å²) in [6.07, 6.45) is 1.57. The van der Waals surface area contributed by atoms with Gasteiger partial charge in [0.25, 0.3) is 0 Å². The lowest BCUT2D eigenvalue weighted by Crippen LogP contribution is -2.41. The lowest BCUT2D eigenvalue weighted by molar-refractivity contribution is -0.122. The van der Waals surface area contributed by atoms with Gasteiger partial charge in [-0.05, 0) is 44.4 Å². The number of para-hydroxylation sites is 1. The van der Waals surface area contributed by atoms with Gasteiger partial charge in [-0.3, -0.25) is 9.36 Å². The van der Waals surface area contributed by atoms with Crippen LogP contribution in [0.4, 0.5) is 4.79 Å². The summed E-state index contributed by atoms with van der Waals surface area (Å²) >= 11 is 0. The molecule has 0 aliphatic heterocycles. The topological polar surface area (TPSA) is 86.3 Å². The second-order valence-corrected chi connectivity index (χ2v) is 8.04. The highest BCUT2D eigenvalue weighted by Crippen LogP contribution is 2.24. The largest absolute Gasteiger partial charge is 0.443 e. The standard InChI is InChI=1S/C23H27N3O3/c1-23(2,3)29-22(28)26-15-17(18-11-7-8-12-20(18)26)13-19(24)21(27)25-14-16-9-5-4-6-10-16/h4-12,15,19H,13-14,24H2,1-3H3,(H,25,27)/t19-/m0/s1. The number of aromatic nitrogens is 1. The average Bonchev–Trinajstić information content (AvgIpc) is 3.04. The van der Waals surface area contributed by atoms with Crippen LogP contribution in [0.25, 0.3) is 10.9 Å². The fourth-order valence-corrected chi connectivity index (χ4v) is 3.12. The van der Waals surface area contributed by atoms with E-state index >= 15 is 0 Å².